The van der Waals surface area contributed by atoms with Crippen LogP contribution in [0.3, 0.4) is 0 Å². The van der Waals surface area contributed by atoms with Crippen molar-refractivity contribution in [3.05, 3.63) is 0 Å². The molecule has 0 bridgehead atoms. The fraction of sp³-hybridized carbons (Fsp3) is 0.889. The Morgan fingerprint density at radius 2 is 1.92 bits per heavy atom. The number of rotatable bonds is 6. The highest BCUT2D eigenvalue weighted by Gasteiger charge is 2.42. The summed E-state index contributed by atoms with van der Waals surface area (Å²) in [5.74, 6) is 1.26. The lowest BCUT2D eigenvalue weighted by atomic mass is 9.83. The van der Waals surface area contributed by atoms with E-state index in [0.29, 0.717) is 24.8 Å². The Morgan fingerprint density at radius 1 is 1.25 bits per heavy atom. The van der Waals surface area contributed by atoms with Gasteiger partial charge in [0.2, 0.25) is 11.8 Å². The molecule has 5 nitrogen and oxygen atoms in total. The first-order valence-corrected chi connectivity index (χ1v) is 9.14. The predicted octanol–water partition coefficient (Wildman–Crippen LogP) is 2.20. The van der Waals surface area contributed by atoms with E-state index < -0.39 is 0 Å². The van der Waals surface area contributed by atoms with E-state index in [0.717, 1.165) is 38.8 Å². The molecule has 2 N–H and O–H groups in total. The lowest BCUT2D eigenvalue weighted by Gasteiger charge is -2.31. The van der Waals surface area contributed by atoms with Crippen molar-refractivity contribution >= 4 is 24.2 Å². The van der Waals surface area contributed by atoms with E-state index in [4.69, 9.17) is 0 Å². The summed E-state index contributed by atoms with van der Waals surface area (Å²) in [5, 5.41) is 6.48. The molecule has 1 saturated heterocycles. The van der Waals surface area contributed by atoms with E-state index in [2.05, 4.69) is 17.6 Å². The number of nitrogens with one attached hydrogen (secondary N) is 2. The van der Waals surface area contributed by atoms with E-state index in [1.54, 1.807) is 4.90 Å². The van der Waals surface area contributed by atoms with Gasteiger partial charge in [-0.25, -0.2) is 0 Å². The molecule has 1 heterocycles. The summed E-state index contributed by atoms with van der Waals surface area (Å²) in [4.78, 5) is 26.5. The largest absolute Gasteiger partial charge is 0.355 e. The van der Waals surface area contributed by atoms with E-state index in [1.807, 2.05) is 14.1 Å². The number of carbonyl (C=O) groups is 2. The van der Waals surface area contributed by atoms with Crippen LogP contribution in [0.2, 0.25) is 0 Å². The maximum Gasteiger partial charge on any atom is 0.230 e. The average Bonchev–Trinajstić information content (AvgIpc) is 3.03. The average molecular weight is 360 g/mol. The standard InChI is InChI=1S/C18H33N3O2.ClH/c1-14(15-7-6-10-19-12-15)11-16(22)20-13-18(8-4-5-9-18)17(23)21(2)3;/h14-15,19H,4-13H2,1-3H3,(H,20,22);1H. The van der Waals surface area contributed by atoms with Crippen molar-refractivity contribution in [3.63, 3.8) is 0 Å². The molecule has 0 radical (unpaired) electrons. The maximum absolute atomic E-state index is 12.5. The van der Waals surface area contributed by atoms with Crippen LogP contribution in [0.15, 0.2) is 0 Å². The molecule has 1 aliphatic heterocycles. The summed E-state index contributed by atoms with van der Waals surface area (Å²) in [6.07, 6.45) is 6.94. The van der Waals surface area contributed by atoms with Crippen LogP contribution in [0.5, 0.6) is 0 Å². The van der Waals surface area contributed by atoms with Crippen molar-refractivity contribution in [2.45, 2.75) is 51.9 Å². The van der Waals surface area contributed by atoms with Crippen LogP contribution in [-0.2, 0) is 9.59 Å². The zero-order chi connectivity index (χ0) is 16.9. The molecule has 2 fully saturated rings. The zero-order valence-corrected chi connectivity index (χ0v) is 16.2. The molecule has 140 valence electrons. The van der Waals surface area contributed by atoms with Gasteiger partial charge in [-0.2, -0.15) is 0 Å². The smallest absolute Gasteiger partial charge is 0.230 e. The molecule has 2 atom stereocenters. The summed E-state index contributed by atoms with van der Waals surface area (Å²) in [6.45, 7) is 4.80. The summed E-state index contributed by atoms with van der Waals surface area (Å²) in [7, 11) is 3.62. The Bertz CT molecular complexity index is 416. The van der Waals surface area contributed by atoms with Gasteiger partial charge in [0.15, 0.2) is 0 Å². The Balaban J connectivity index is 0.00000288. The number of carbonyl (C=O) groups excluding carboxylic acids is 2. The van der Waals surface area contributed by atoms with Crippen molar-refractivity contribution in [1.29, 1.82) is 0 Å². The van der Waals surface area contributed by atoms with Gasteiger partial charge in [-0.3, -0.25) is 9.59 Å². The quantitative estimate of drug-likeness (QED) is 0.764. The molecule has 0 aromatic carbocycles. The van der Waals surface area contributed by atoms with Gasteiger partial charge in [0.05, 0.1) is 5.41 Å². The minimum absolute atomic E-state index is 0. The summed E-state index contributed by atoms with van der Waals surface area (Å²) >= 11 is 0. The number of hydrogen-bond donors (Lipinski definition) is 2. The minimum atomic E-state index is -0.366. The van der Waals surface area contributed by atoms with Gasteiger partial charge >= 0.3 is 0 Å². The maximum atomic E-state index is 12.5. The molecule has 1 saturated carbocycles. The number of piperidine rings is 1. The SMILES string of the molecule is CC(CC(=O)NCC1(C(=O)N(C)C)CCCC1)C1CCCNC1.Cl. The van der Waals surface area contributed by atoms with Crippen molar-refractivity contribution in [2.75, 3.05) is 33.7 Å². The molecule has 2 amide bonds. The van der Waals surface area contributed by atoms with Crippen LogP contribution in [0.25, 0.3) is 0 Å². The number of nitrogens with zero attached hydrogens (tertiary/aromatic N) is 1. The molecular weight excluding hydrogens is 326 g/mol. The van der Waals surface area contributed by atoms with E-state index in [9.17, 15) is 9.59 Å². The molecule has 24 heavy (non-hydrogen) atoms. The van der Waals surface area contributed by atoms with Crippen LogP contribution >= 0.6 is 12.4 Å². The molecule has 0 aromatic rings. The molecule has 2 aliphatic rings. The second-order valence-electron chi connectivity index (χ2n) is 7.75. The summed E-state index contributed by atoms with van der Waals surface area (Å²) in [6, 6.07) is 0. The Hall–Kier alpha value is -0.810. The van der Waals surface area contributed by atoms with E-state index in [-0.39, 0.29) is 29.6 Å². The van der Waals surface area contributed by atoms with Crippen LogP contribution in [0.4, 0.5) is 0 Å². The van der Waals surface area contributed by atoms with E-state index in [1.165, 1.54) is 12.8 Å². The number of amides is 2. The van der Waals surface area contributed by atoms with Crippen molar-refractivity contribution in [1.82, 2.24) is 15.5 Å². The predicted molar refractivity (Wildman–Crippen MR) is 99.2 cm³/mol. The van der Waals surface area contributed by atoms with Crippen LogP contribution in [0.1, 0.15) is 51.9 Å². The van der Waals surface area contributed by atoms with Gasteiger partial charge in [0, 0.05) is 27.1 Å². The Labute approximate surface area is 152 Å². The normalized spacial score (nSPS) is 23.9. The van der Waals surface area contributed by atoms with E-state index >= 15 is 0 Å². The second kappa shape index (κ2) is 9.62. The zero-order valence-electron chi connectivity index (χ0n) is 15.4. The van der Waals surface area contributed by atoms with Crippen molar-refractivity contribution < 1.29 is 9.59 Å². The molecule has 1 aliphatic carbocycles. The monoisotopic (exact) mass is 359 g/mol. The van der Waals surface area contributed by atoms with Crippen molar-refractivity contribution in [2.24, 2.45) is 17.3 Å². The first kappa shape index (κ1) is 21.2. The molecule has 0 spiro atoms. The first-order chi connectivity index (χ1) is 10.9. The highest BCUT2D eigenvalue weighted by atomic mass is 35.5. The van der Waals surface area contributed by atoms with Gasteiger partial charge in [-0.05, 0) is 50.6 Å². The first-order valence-electron chi connectivity index (χ1n) is 9.14. The van der Waals surface area contributed by atoms with Gasteiger partial charge in [0.1, 0.15) is 0 Å². The molecule has 2 rings (SSSR count). The molecule has 0 aromatic heterocycles. The van der Waals surface area contributed by atoms with Crippen LogP contribution in [0, 0.1) is 17.3 Å². The second-order valence-corrected chi connectivity index (χ2v) is 7.75. The van der Waals surface area contributed by atoms with Crippen molar-refractivity contribution in [3.8, 4) is 0 Å². The third kappa shape index (κ3) is 5.35. The fourth-order valence-corrected chi connectivity index (χ4v) is 4.16. The van der Waals surface area contributed by atoms with Gasteiger partial charge < -0.3 is 15.5 Å². The third-order valence-electron chi connectivity index (χ3n) is 5.69. The van der Waals surface area contributed by atoms with Gasteiger partial charge in [0.25, 0.3) is 0 Å². The van der Waals surface area contributed by atoms with Gasteiger partial charge in [-0.15, -0.1) is 12.4 Å². The summed E-state index contributed by atoms with van der Waals surface area (Å²) in [5.41, 5.74) is -0.366. The highest BCUT2D eigenvalue weighted by Crippen LogP contribution is 2.39. The third-order valence-corrected chi connectivity index (χ3v) is 5.69. The van der Waals surface area contributed by atoms with Gasteiger partial charge in [-0.1, -0.05) is 19.8 Å². The van der Waals surface area contributed by atoms with Crippen LogP contribution in [-0.4, -0.2) is 50.4 Å². The van der Waals surface area contributed by atoms with Crippen LogP contribution < -0.4 is 10.6 Å². The lowest BCUT2D eigenvalue weighted by Crippen LogP contribution is -2.47. The molecule has 2 unspecified atom stereocenters. The Kier molecular flexibility index (Phi) is 8.51. The lowest BCUT2D eigenvalue weighted by molar-refractivity contribution is -0.139. The fourth-order valence-electron chi connectivity index (χ4n) is 4.16. The topological polar surface area (TPSA) is 61.4 Å². The number of halogens is 1. The minimum Gasteiger partial charge on any atom is -0.355 e. The summed E-state index contributed by atoms with van der Waals surface area (Å²) < 4.78 is 0. The Morgan fingerprint density at radius 3 is 2.46 bits per heavy atom. The molecular formula is C18H34ClN3O2. The number of hydrogen-bond acceptors (Lipinski definition) is 3. The molecule has 6 heteroatoms. The highest BCUT2D eigenvalue weighted by molar-refractivity contribution is 5.85.